The number of para-hydroxylation sites is 1. The van der Waals surface area contributed by atoms with Crippen LogP contribution < -0.4 is 10.6 Å². The van der Waals surface area contributed by atoms with E-state index in [1.165, 1.54) is 6.42 Å². The lowest BCUT2D eigenvalue weighted by Crippen LogP contribution is -2.49. The zero-order valence-electron chi connectivity index (χ0n) is 14.8. The summed E-state index contributed by atoms with van der Waals surface area (Å²) >= 11 is 1.59. The fourth-order valence-corrected chi connectivity index (χ4v) is 5.20. The van der Waals surface area contributed by atoms with E-state index in [1.807, 2.05) is 35.8 Å². The Bertz CT molecular complexity index is 909. The molecule has 5 nitrogen and oxygen atoms in total. The Morgan fingerprint density at radius 1 is 1.37 bits per heavy atom. The number of rotatable bonds is 5. The lowest BCUT2D eigenvalue weighted by molar-refractivity contribution is -0.132. The molecule has 7 heteroatoms. The number of amides is 1. The molecule has 142 valence electrons. The minimum absolute atomic E-state index is 0. The molecule has 2 fully saturated rings. The Kier molecular flexibility index (Phi) is 4.97. The van der Waals surface area contributed by atoms with Gasteiger partial charge in [-0.25, -0.2) is 4.98 Å². The number of carbonyl (C=O) groups is 1. The Morgan fingerprint density at radius 3 is 2.96 bits per heavy atom. The van der Waals surface area contributed by atoms with Crippen molar-refractivity contribution < 1.29 is 9.21 Å². The van der Waals surface area contributed by atoms with Crippen LogP contribution in [0, 0.1) is 5.41 Å². The monoisotopic (exact) mass is 403 g/mol. The fraction of sp³-hybridized carbons (Fsp3) is 0.400. The Hall–Kier alpha value is -1.89. The maximum absolute atomic E-state index is 13.3. The molecular weight excluding hydrogens is 382 g/mol. The van der Waals surface area contributed by atoms with Gasteiger partial charge in [0.25, 0.3) is 0 Å². The van der Waals surface area contributed by atoms with Crippen LogP contribution in [0.5, 0.6) is 0 Å². The second kappa shape index (κ2) is 7.26. The van der Waals surface area contributed by atoms with Gasteiger partial charge in [0, 0.05) is 29.3 Å². The highest BCUT2D eigenvalue weighted by molar-refractivity contribution is 7.07. The van der Waals surface area contributed by atoms with Crippen molar-refractivity contribution in [2.45, 2.75) is 44.3 Å². The molecule has 2 aliphatic heterocycles. The number of carbonyl (C=O) groups excluding carboxylic acids is 1. The quantitative estimate of drug-likeness (QED) is 0.681. The van der Waals surface area contributed by atoms with Crippen molar-refractivity contribution in [1.29, 1.82) is 0 Å². The second-order valence-corrected chi connectivity index (χ2v) is 8.16. The molecule has 3 atom stereocenters. The Balaban J connectivity index is 0.00000180. The van der Waals surface area contributed by atoms with Crippen molar-refractivity contribution in [2.24, 2.45) is 5.41 Å². The van der Waals surface area contributed by atoms with Crippen LogP contribution in [-0.4, -0.2) is 23.0 Å². The summed E-state index contributed by atoms with van der Waals surface area (Å²) in [7, 11) is 0. The molecule has 0 unspecified atom stereocenters. The highest BCUT2D eigenvalue weighted by Crippen LogP contribution is 2.46. The Morgan fingerprint density at radius 2 is 2.26 bits per heavy atom. The van der Waals surface area contributed by atoms with Crippen molar-refractivity contribution in [1.82, 2.24) is 15.6 Å². The maximum Gasteiger partial charge on any atom is 0.228 e. The van der Waals surface area contributed by atoms with E-state index in [1.54, 1.807) is 11.3 Å². The van der Waals surface area contributed by atoms with Gasteiger partial charge >= 0.3 is 0 Å². The highest BCUT2D eigenvalue weighted by atomic mass is 35.5. The third kappa shape index (κ3) is 3.26. The molecule has 0 saturated carbocycles. The number of furan rings is 1. The van der Waals surface area contributed by atoms with Crippen LogP contribution in [0.25, 0.3) is 11.0 Å². The fourth-order valence-electron chi connectivity index (χ4n) is 4.64. The summed E-state index contributed by atoms with van der Waals surface area (Å²) in [6.45, 7) is 0.420. The van der Waals surface area contributed by atoms with Gasteiger partial charge in [-0.05, 0) is 31.4 Å². The minimum Gasteiger partial charge on any atom is -0.459 e. The number of aromatic nitrogens is 1. The number of nitrogens with zero attached hydrogens (tertiary/aromatic N) is 1. The summed E-state index contributed by atoms with van der Waals surface area (Å²) in [6, 6.07) is 10.6. The van der Waals surface area contributed by atoms with Gasteiger partial charge in [-0.2, -0.15) is 0 Å². The van der Waals surface area contributed by atoms with E-state index in [4.69, 9.17) is 4.42 Å². The number of thiazole rings is 1. The summed E-state index contributed by atoms with van der Waals surface area (Å²) in [4.78, 5) is 17.7. The predicted octanol–water partition coefficient (Wildman–Crippen LogP) is 3.68. The van der Waals surface area contributed by atoms with Crippen LogP contribution in [0.2, 0.25) is 0 Å². The first-order valence-electron chi connectivity index (χ1n) is 9.12. The van der Waals surface area contributed by atoms with E-state index in [2.05, 4.69) is 21.0 Å². The lowest BCUT2D eigenvalue weighted by Gasteiger charge is -2.34. The summed E-state index contributed by atoms with van der Waals surface area (Å²) in [5, 5.41) is 9.89. The molecule has 1 amide bonds. The number of hydrogen-bond donors (Lipinski definition) is 2. The molecule has 2 N–H and O–H groups in total. The number of benzene rings is 1. The largest absolute Gasteiger partial charge is 0.459 e. The van der Waals surface area contributed by atoms with Crippen molar-refractivity contribution in [2.75, 3.05) is 0 Å². The van der Waals surface area contributed by atoms with E-state index in [9.17, 15) is 4.79 Å². The standard InChI is InChI=1S/C20H21N3O2S.ClH/c24-19(21-10-16-7-13-3-1-2-4-17(13)25-16)20(9-15-11-26-12-22-15)8-14-5-6-18(20)23-14;/h1-4,7,11-12,14,18,23H,5-6,8-10H2,(H,21,24);1H/t14-,18+,20-;/m0./s1. The number of hydrogen-bond acceptors (Lipinski definition) is 5. The van der Waals surface area contributed by atoms with E-state index in [-0.39, 0.29) is 24.4 Å². The zero-order chi connectivity index (χ0) is 17.6. The molecule has 27 heavy (non-hydrogen) atoms. The van der Waals surface area contributed by atoms with Gasteiger partial charge in [-0.15, -0.1) is 23.7 Å². The first-order chi connectivity index (χ1) is 12.7. The number of fused-ring (bicyclic) bond motifs is 3. The molecule has 2 aliphatic rings. The summed E-state index contributed by atoms with van der Waals surface area (Å²) < 4.78 is 5.84. The summed E-state index contributed by atoms with van der Waals surface area (Å²) in [5.41, 5.74) is 3.32. The van der Waals surface area contributed by atoms with E-state index in [0.29, 0.717) is 19.0 Å². The van der Waals surface area contributed by atoms with Gasteiger partial charge in [0.1, 0.15) is 11.3 Å². The molecule has 0 aliphatic carbocycles. The average molecular weight is 404 g/mol. The van der Waals surface area contributed by atoms with Crippen LogP contribution in [-0.2, 0) is 17.8 Å². The molecular formula is C20H22ClN3O2S. The van der Waals surface area contributed by atoms with Crippen LogP contribution in [0.3, 0.4) is 0 Å². The maximum atomic E-state index is 13.3. The topological polar surface area (TPSA) is 67.2 Å². The van der Waals surface area contributed by atoms with Crippen LogP contribution in [0.1, 0.15) is 30.7 Å². The van der Waals surface area contributed by atoms with E-state index < -0.39 is 5.41 Å². The molecule has 2 saturated heterocycles. The smallest absolute Gasteiger partial charge is 0.228 e. The SMILES string of the molecule is Cl.O=C(NCc1cc2ccccc2o1)[C@]1(Cc2cscn2)C[C@@H]2CC[C@H]1N2. The Labute approximate surface area is 168 Å². The molecule has 0 spiro atoms. The minimum atomic E-state index is -0.400. The number of halogens is 1. The van der Waals surface area contributed by atoms with E-state index >= 15 is 0 Å². The molecule has 2 aromatic heterocycles. The highest BCUT2D eigenvalue weighted by Gasteiger charge is 2.55. The van der Waals surface area contributed by atoms with Crippen molar-refractivity contribution in [3.8, 4) is 0 Å². The molecule has 3 aromatic rings. The third-order valence-electron chi connectivity index (χ3n) is 5.85. The van der Waals surface area contributed by atoms with Crippen molar-refractivity contribution in [3.63, 3.8) is 0 Å². The predicted molar refractivity (Wildman–Crippen MR) is 108 cm³/mol. The number of nitrogens with one attached hydrogen (secondary N) is 2. The first kappa shape index (κ1) is 18.5. The third-order valence-corrected chi connectivity index (χ3v) is 6.49. The average Bonchev–Trinajstić information content (AvgIpc) is 3.42. The van der Waals surface area contributed by atoms with Gasteiger partial charge in [0.05, 0.1) is 23.2 Å². The van der Waals surface area contributed by atoms with Gasteiger partial charge in [0.15, 0.2) is 0 Å². The van der Waals surface area contributed by atoms with Crippen molar-refractivity contribution >= 4 is 40.6 Å². The molecule has 5 rings (SSSR count). The molecule has 0 radical (unpaired) electrons. The summed E-state index contributed by atoms with van der Waals surface area (Å²) in [6.07, 6.45) is 3.82. The molecule has 2 bridgehead atoms. The van der Waals surface area contributed by atoms with E-state index in [0.717, 1.165) is 35.3 Å². The zero-order valence-corrected chi connectivity index (χ0v) is 16.4. The second-order valence-electron chi connectivity index (χ2n) is 7.44. The van der Waals surface area contributed by atoms with Crippen LogP contribution >= 0.6 is 23.7 Å². The summed E-state index contributed by atoms with van der Waals surface area (Å²) in [5.74, 6) is 0.908. The lowest BCUT2D eigenvalue weighted by atomic mass is 9.70. The van der Waals surface area contributed by atoms with Gasteiger partial charge in [-0.1, -0.05) is 18.2 Å². The molecule has 1 aromatic carbocycles. The first-order valence-corrected chi connectivity index (χ1v) is 10.1. The molecule has 4 heterocycles. The van der Waals surface area contributed by atoms with Crippen LogP contribution in [0.4, 0.5) is 0 Å². The van der Waals surface area contributed by atoms with Gasteiger partial charge < -0.3 is 15.1 Å². The van der Waals surface area contributed by atoms with Crippen LogP contribution in [0.15, 0.2) is 45.6 Å². The van der Waals surface area contributed by atoms with Gasteiger partial charge in [-0.3, -0.25) is 4.79 Å². The van der Waals surface area contributed by atoms with Gasteiger partial charge in [0.2, 0.25) is 5.91 Å². The normalized spacial score (nSPS) is 26.2. The van der Waals surface area contributed by atoms with Crippen molar-refractivity contribution in [3.05, 3.63) is 52.7 Å².